The average molecular weight is 397 g/mol. The summed E-state index contributed by atoms with van der Waals surface area (Å²) < 4.78 is 27.6. The SMILES string of the molecule is O=C(Cn1cnc2scc(-c3ccc(F)cc3)c2c1=O)Nc1cccc(F)c1. The molecule has 1 amide bonds. The predicted octanol–water partition coefficient (Wildman–Crippen LogP) is 4.04. The maximum atomic E-state index is 13.2. The Hall–Kier alpha value is -3.39. The summed E-state index contributed by atoms with van der Waals surface area (Å²) in [6.45, 7) is -0.267. The summed E-state index contributed by atoms with van der Waals surface area (Å²) in [5.74, 6) is -1.32. The van der Waals surface area contributed by atoms with Crippen LogP contribution in [0.25, 0.3) is 21.3 Å². The van der Waals surface area contributed by atoms with E-state index in [9.17, 15) is 18.4 Å². The number of amides is 1. The van der Waals surface area contributed by atoms with Crippen LogP contribution in [0.2, 0.25) is 0 Å². The number of hydrogen-bond acceptors (Lipinski definition) is 4. The first-order chi connectivity index (χ1) is 13.5. The molecule has 0 saturated heterocycles. The highest BCUT2D eigenvalue weighted by atomic mass is 32.1. The molecule has 2 heterocycles. The lowest BCUT2D eigenvalue weighted by atomic mass is 10.1. The summed E-state index contributed by atoms with van der Waals surface area (Å²) in [5.41, 5.74) is 1.25. The van der Waals surface area contributed by atoms with Crippen LogP contribution in [0.4, 0.5) is 14.5 Å². The highest BCUT2D eigenvalue weighted by Gasteiger charge is 2.15. The van der Waals surface area contributed by atoms with Gasteiger partial charge in [0.15, 0.2) is 0 Å². The minimum atomic E-state index is -0.479. The molecule has 0 aliphatic heterocycles. The fourth-order valence-electron chi connectivity index (χ4n) is 2.84. The number of aromatic nitrogens is 2. The van der Waals surface area contributed by atoms with E-state index in [1.807, 2.05) is 0 Å². The van der Waals surface area contributed by atoms with Crippen LogP contribution in [0.15, 0.2) is 65.0 Å². The maximum Gasteiger partial charge on any atom is 0.263 e. The smallest absolute Gasteiger partial charge is 0.263 e. The number of nitrogens with zero attached hydrogens (tertiary/aromatic N) is 2. The van der Waals surface area contributed by atoms with E-state index in [0.717, 1.165) is 0 Å². The molecule has 0 aliphatic carbocycles. The summed E-state index contributed by atoms with van der Waals surface area (Å²) in [6.07, 6.45) is 1.31. The number of rotatable bonds is 4. The first kappa shape index (κ1) is 18.0. The Balaban J connectivity index is 1.66. The molecule has 8 heteroatoms. The van der Waals surface area contributed by atoms with Gasteiger partial charge >= 0.3 is 0 Å². The maximum absolute atomic E-state index is 13.2. The van der Waals surface area contributed by atoms with E-state index < -0.39 is 11.7 Å². The van der Waals surface area contributed by atoms with Crippen molar-refractivity contribution in [2.45, 2.75) is 6.54 Å². The van der Waals surface area contributed by atoms with E-state index in [-0.39, 0.29) is 17.9 Å². The van der Waals surface area contributed by atoms with Gasteiger partial charge in [-0.15, -0.1) is 11.3 Å². The highest BCUT2D eigenvalue weighted by molar-refractivity contribution is 7.17. The van der Waals surface area contributed by atoms with E-state index in [2.05, 4.69) is 10.3 Å². The van der Waals surface area contributed by atoms with E-state index in [1.165, 1.54) is 52.6 Å². The Morgan fingerprint density at radius 1 is 1.11 bits per heavy atom. The van der Waals surface area contributed by atoms with Crippen molar-refractivity contribution in [2.75, 3.05) is 5.32 Å². The van der Waals surface area contributed by atoms with Gasteiger partial charge in [0.25, 0.3) is 5.56 Å². The summed E-state index contributed by atoms with van der Waals surface area (Å²) in [4.78, 5) is 29.9. The third kappa shape index (κ3) is 3.54. The normalized spacial score (nSPS) is 10.9. The molecule has 0 spiro atoms. The molecule has 140 valence electrons. The number of thiophene rings is 1. The molecule has 4 aromatic rings. The lowest BCUT2D eigenvalue weighted by Gasteiger charge is -2.08. The molecule has 0 radical (unpaired) electrons. The first-order valence-electron chi connectivity index (χ1n) is 8.29. The fourth-order valence-corrected chi connectivity index (χ4v) is 3.75. The number of anilines is 1. The lowest BCUT2D eigenvalue weighted by Crippen LogP contribution is -2.27. The van der Waals surface area contributed by atoms with Gasteiger partial charge in [0.2, 0.25) is 5.91 Å². The van der Waals surface area contributed by atoms with E-state index in [4.69, 9.17) is 0 Å². The Bertz CT molecular complexity index is 1230. The molecule has 28 heavy (non-hydrogen) atoms. The van der Waals surface area contributed by atoms with Gasteiger partial charge in [-0.3, -0.25) is 14.2 Å². The Morgan fingerprint density at radius 2 is 1.89 bits per heavy atom. The number of fused-ring (bicyclic) bond motifs is 1. The van der Waals surface area contributed by atoms with Gasteiger partial charge in [-0.25, -0.2) is 13.8 Å². The van der Waals surface area contributed by atoms with Gasteiger partial charge in [0.05, 0.1) is 11.7 Å². The van der Waals surface area contributed by atoms with E-state index in [0.29, 0.717) is 27.0 Å². The molecule has 0 bridgehead atoms. The van der Waals surface area contributed by atoms with Crippen LogP contribution in [0.5, 0.6) is 0 Å². The van der Waals surface area contributed by atoms with Crippen LogP contribution in [0.1, 0.15) is 0 Å². The van der Waals surface area contributed by atoms with Crippen LogP contribution in [0, 0.1) is 11.6 Å². The van der Waals surface area contributed by atoms with Gasteiger partial charge < -0.3 is 5.32 Å². The first-order valence-corrected chi connectivity index (χ1v) is 9.17. The topological polar surface area (TPSA) is 64.0 Å². The van der Waals surface area contributed by atoms with Crippen molar-refractivity contribution >= 4 is 33.1 Å². The number of carbonyl (C=O) groups excluding carboxylic acids is 1. The summed E-state index contributed by atoms with van der Waals surface area (Å²) >= 11 is 1.30. The summed E-state index contributed by atoms with van der Waals surface area (Å²) in [7, 11) is 0. The standard InChI is InChI=1S/C20H13F2N3O2S/c21-13-6-4-12(5-7-13)16-10-28-19-18(16)20(27)25(11-23-19)9-17(26)24-15-3-1-2-14(22)8-15/h1-8,10-11H,9H2,(H,24,26). The largest absolute Gasteiger partial charge is 0.324 e. The lowest BCUT2D eigenvalue weighted by molar-refractivity contribution is -0.116. The molecule has 0 unspecified atom stereocenters. The zero-order valence-electron chi connectivity index (χ0n) is 14.4. The molecular formula is C20H13F2N3O2S. The molecule has 0 atom stereocenters. The van der Waals surface area contributed by atoms with E-state index >= 15 is 0 Å². The van der Waals surface area contributed by atoms with Crippen molar-refractivity contribution < 1.29 is 13.6 Å². The Morgan fingerprint density at radius 3 is 2.64 bits per heavy atom. The number of benzene rings is 2. The van der Waals surface area contributed by atoms with Crippen molar-refractivity contribution in [1.29, 1.82) is 0 Å². The van der Waals surface area contributed by atoms with Gasteiger partial charge in [-0.05, 0) is 35.9 Å². The minimum Gasteiger partial charge on any atom is -0.324 e. The monoisotopic (exact) mass is 397 g/mol. The number of carbonyl (C=O) groups is 1. The second-order valence-corrected chi connectivity index (χ2v) is 6.93. The quantitative estimate of drug-likeness (QED) is 0.565. The van der Waals surface area contributed by atoms with Crippen LogP contribution >= 0.6 is 11.3 Å². The zero-order chi connectivity index (χ0) is 19.7. The van der Waals surface area contributed by atoms with Gasteiger partial charge in [-0.1, -0.05) is 18.2 Å². The minimum absolute atomic E-state index is 0.267. The summed E-state index contributed by atoms with van der Waals surface area (Å²) in [5, 5.41) is 4.70. The predicted molar refractivity (Wildman–Crippen MR) is 104 cm³/mol. The third-order valence-corrected chi connectivity index (χ3v) is 5.02. The number of nitrogens with one attached hydrogen (secondary N) is 1. The fraction of sp³-hybridized carbons (Fsp3) is 0.0500. The van der Waals surface area contributed by atoms with Crippen molar-refractivity contribution in [3.05, 3.63) is 82.2 Å². The van der Waals surface area contributed by atoms with Crippen molar-refractivity contribution in [1.82, 2.24) is 9.55 Å². The highest BCUT2D eigenvalue weighted by Crippen LogP contribution is 2.30. The van der Waals surface area contributed by atoms with E-state index in [1.54, 1.807) is 23.6 Å². The zero-order valence-corrected chi connectivity index (χ0v) is 15.2. The Kier molecular flexibility index (Phi) is 4.70. The van der Waals surface area contributed by atoms with Gasteiger partial charge in [0, 0.05) is 16.6 Å². The van der Waals surface area contributed by atoms with Crippen molar-refractivity contribution in [3.63, 3.8) is 0 Å². The molecular weight excluding hydrogens is 384 g/mol. The number of hydrogen-bond donors (Lipinski definition) is 1. The number of halogens is 2. The van der Waals surface area contributed by atoms with Gasteiger partial charge in [0.1, 0.15) is 23.0 Å². The van der Waals surface area contributed by atoms with Crippen LogP contribution in [-0.4, -0.2) is 15.5 Å². The molecule has 2 aromatic heterocycles. The van der Waals surface area contributed by atoms with Crippen LogP contribution in [-0.2, 0) is 11.3 Å². The molecule has 2 aromatic carbocycles. The molecule has 0 saturated carbocycles. The average Bonchev–Trinajstić information content (AvgIpc) is 3.09. The molecule has 5 nitrogen and oxygen atoms in total. The third-order valence-electron chi connectivity index (χ3n) is 4.14. The van der Waals surface area contributed by atoms with Crippen LogP contribution < -0.4 is 10.9 Å². The van der Waals surface area contributed by atoms with Gasteiger partial charge in [-0.2, -0.15) is 0 Å². The van der Waals surface area contributed by atoms with Crippen molar-refractivity contribution in [3.8, 4) is 11.1 Å². The molecule has 4 rings (SSSR count). The molecule has 0 fully saturated rings. The Labute approximate surface area is 161 Å². The summed E-state index contributed by atoms with van der Waals surface area (Å²) in [6, 6.07) is 11.3. The second-order valence-electron chi connectivity index (χ2n) is 6.07. The second kappa shape index (κ2) is 7.32. The van der Waals surface area contributed by atoms with Crippen molar-refractivity contribution in [2.24, 2.45) is 0 Å². The molecule has 1 N–H and O–H groups in total. The molecule has 0 aliphatic rings. The van der Waals surface area contributed by atoms with Crippen LogP contribution in [0.3, 0.4) is 0 Å².